The van der Waals surface area contributed by atoms with E-state index in [0.29, 0.717) is 0 Å². The van der Waals surface area contributed by atoms with Crippen LogP contribution in [0.5, 0.6) is 0 Å². The highest BCUT2D eigenvalue weighted by Crippen LogP contribution is 2.20. The van der Waals surface area contributed by atoms with Crippen molar-refractivity contribution in [3.8, 4) is 0 Å². The average Bonchev–Trinajstić information content (AvgIpc) is 2.59. The van der Waals surface area contributed by atoms with Crippen molar-refractivity contribution in [2.75, 3.05) is 0 Å². The molecule has 0 fully saturated rings. The summed E-state index contributed by atoms with van der Waals surface area (Å²) in [6.07, 6.45) is 20.0. The molecule has 2 heteroatoms. The normalized spacial score (nSPS) is 14.3. The van der Waals surface area contributed by atoms with Crippen molar-refractivity contribution in [1.29, 1.82) is 0 Å². The lowest BCUT2D eigenvalue weighted by atomic mass is 10.0. The highest BCUT2D eigenvalue weighted by atomic mass is 16.5. The van der Waals surface area contributed by atoms with E-state index in [1.54, 1.807) is 0 Å². The lowest BCUT2D eigenvalue weighted by Gasteiger charge is -2.30. The van der Waals surface area contributed by atoms with E-state index in [0.717, 1.165) is 12.8 Å². The maximum Gasteiger partial charge on any atom is 0.0840 e. The molecule has 2 unspecified atom stereocenters. The molecule has 0 radical (unpaired) electrons. The monoisotopic (exact) mass is 370 g/mol. The molecule has 26 heavy (non-hydrogen) atoms. The Bertz CT molecular complexity index is 275. The Balaban J connectivity index is 3.75. The van der Waals surface area contributed by atoms with E-state index in [1.165, 1.54) is 77.0 Å². The first kappa shape index (κ1) is 25.9. The maximum atomic E-state index is 6.18. The third kappa shape index (κ3) is 16.1. The van der Waals surface area contributed by atoms with Crippen LogP contribution in [0.1, 0.15) is 131 Å². The molecular weight excluding hydrogens is 320 g/mol. The molecule has 2 atom stereocenters. The van der Waals surface area contributed by atoms with Gasteiger partial charge in [0.15, 0.2) is 0 Å². The Morgan fingerprint density at radius 3 is 1.27 bits per heavy atom. The van der Waals surface area contributed by atoms with Gasteiger partial charge in [-0.05, 0) is 40.5 Å². The molecule has 0 rings (SSSR count). The van der Waals surface area contributed by atoms with E-state index in [9.17, 15) is 0 Å². The number of hydrogen-bond acceptors (Lipinski definition) is 2. The van der Waals surface area contributed by atoms with Gasteiger partial charge in [-0.25, -0.2) is 0 Å². The molecule has 0 saturated carbocycles. The fraction of sp³-hybridized carbons (Fsp3) is 1.00. The number of unbranched alkanes of at least 4 members (excludes halogenated alkanes) is 11. The quantitative estimate of drug-likeness (QED) is 0.214. The smallest absolute Gasteiger partial charge is 0.0840 e. The van der Waals surface area contributed by atoms with Crippen molar-refractivity contribution in [2.45, 2.75) is 156 Å². The first-order chi connectivity index (χ1) is 12.5. The van der Waals surface area contributed by atoms with Gasteiger partial charge in [-0.1, -0.05) is 90.9 Å². The van der Waals surface area contributed by atoms with E-state index >= 15 is 0 Å². The van der Waals surface area contributed by atoms with Crippen LogP contribution in [0.15, 0.2) is 0 Å². The molecule has 0 aromatic heterocycles. The zero-order valence-corrected chi connectivity index (χ0v) is 19.0. The molecule has 0 N–H and O–H groups in total. The Labute approximate surface area is 165 Å². The standard InChI is InChI=1S/C24H50O2/c1-7-9-10-11-12-13-14-15-16-17-18-19-20-24(26-22(5)6)23(8-2)25-21(3)4/h21-24H,7-20H2,1-6H3. The lowest BCUT2D eigenvalue weighted by Crippen LogP contribution is -2.35. The average molecular weight is 371 g/mol. The SMILES string of the molecule is CCCCCCCCCCCCCCC(OC(C)C)C(CC)OC(C)C. The molecule has 0 spiro atoms. The Kier molecular flexibility index (Phi) is 18.2. The van der Waals surface area contributed by atoms with Gasteiger partial charge in [-0.2, -0.15) is 0 Å². The van der Waals surface area contributed by atoms with Gasteiger partial charge in [-0.15, -0.1) is 0 Å². The highest BCUT2D eigenvalue weighted by Gasteiger charge is 2.23. The van der Waals surface area contributed by atoms with Crippen molar-refractivity contribution >= 4 is 0 Å². The molecule has 0 bridgehead atoms. The van der Waals surface area contributed by atoms with Crippen LogP contribution in [0.3, 0.4) is 0 Å². The van der Waals surface area contributed by atoms with Crippen molar-refractivity contribution in [2.24, 2.45) is 0 Å². The minimum absolute atomic E-state index is 0.241. The summed E-state index contributed by atoms with van der Waals surface area (Å²) in [6.45, 7) is 13.0. The second-order valence-corrected chi connectivity index (χ2v) is 8.53. The van der Waals surface area contributed by atoms with Crippen LogP contribution < -0.4 is 0 Å². The number of rotatable bonds is 19. The largest absolute Gasteiger partial charge is 0.373 e. The highest BCUT2D eigenvalue weighted by molar-refractivity contribution is 4.72. The minimum atomic E-state index is 0.241. The molecule has 2 nitrogen and oxygen atoms in total. The van der Waals surface area contributed by atoms with Crippen LogP contribution in [0.2, 0.25) is 0 Å². The summed E-state index contributed by atoms with van der Waals surface area (Å²) >= 11 is 0. The molecule has 0 aliphatic heterocycles. The molecule has 0 aromatic carbocycles. The van der Waals surface area contributed by atoms with Gasteiger partial charge in [0.2, 0.25) is 0 Å². The third-order valence-electron chi connectivity index (χ3n) is 5.05. The van der Waals surface area contributed by atoms with Crippen LogP contribution >= 0.6 is 0 Å². The zero-order chi connectivity index (χ0) is 19.6. The van der Waals surface area contributed by atoms with E-state index in [-0.39, 0.29) is 24.4 Å². The zero-order valence-electron chi connectivity index (χ0n) is 19.0. The van der Waals surface area contributed by atoms with Gasteiger partial charge in [0, 0.05) is 0 Å². The summed E-state index contributed by atoms with van der Waals surface area (Å²) in [5.41, 5.74) is 0. The van der Waals surface area contributed by atoms with Gasteiger partial charge in [0.1, 0.15) is 0 Å². The molecule has 0 amide bonds. The molecule has 0 aromatic rings. The molecule has 0 aliphatic rings. The Morgan fingerprint density at radius 2 is 0.885 bits per heavy atom. The summed E-state index contributed by atoms with van der Waals surface area (Å²) in [6, 6.07) is 0. The predicted molar refractivity (Wildman–Crippen MR) is 116 cm³/mol. The van der Waals surface area contributed by atoms with Crippen LogP contribution in [0.25, 0.3) is 0 Å². The fourth-order valence-electron chi connectivity index (χ4n) is 3.67. The summed E-state index contributed by atoms with van der Waals surface area (Å²) < 4.78 is 12.3. The van der Waals surface area contributed by atoms with Crippen LogP contribution in [0.4, 0.5) is 0 Å². The van der Waals surface area contributed by atoms with Gasteiger partial charge in [0.25, 0.3) is 0 Å². The molecule has 0 heterocycles. The molecule has 0 saturated heterocycles. The molecule has 0 aliphatic carbocycles. The fourth-order valence-corrected chi connectivity index (χ4v) is 3.67. The summed E-state index contributed by atoms with van der Waals surface area (Å²) in [5.74, 6) is 0. The summed E-state index contributed by atoms with van der Waals surface area (Å²) in [4.78, 5) is 0. The third-order valence-corrected chi connectivity index (χ3v) is 5.05. The van der Waals surface area contributed by atoms with Crippen LogP contribution in [0, 0.1) is 0 Å². The first-order valence-corrected chi connectivity index (χ1v) is 11.8. The number of hydrogen-bond donors (Lipinski definition) is 0. The summed E-state index contributed by atoms with van der Waals surface area (Å²) in [7, 11) is 0. The van der Waals surface area contributed by atoms with Crippen molar-refractivity contribution in [1.82, 2.24) is 0 Å². The van der Waals surface area contributed by atoms with E-state index in [2.05, 4.69) is 41.5 Å². The topological polar surface area (TPSA) is 18.5 Å². The van der Waals surface area contributed by atoms with E-state index in [1.807, 2.05) is 0 Å². The van der Waals surface area contributed by atoms with Crippen molar-refractivity contribution < 1.29 is 9.47 Å². The van der Waals surface area contributed by atoms with E-state index in [4.69, 9.17) is 9.47 Å². The van der Waals surface area contributed by atoms with Gasteiger partial charge in [0.05, 0.1) is 24.4 Å². The summed E-state index contributed by atoms with van der Waals surface area (Å²) in [5, 5.41) is 0. The van der Waals surface area contributed by atoms with Gasteiger partial charge < -0.3 is 9.47 Å². The van der Waals surface area contributed by atoms with Gasteiger partial charge in [-0.3, -0.25) is 0 Å². The molecule has 158 valence electrons. The lowest BCUT2D eigenvalue weighted by molar-refractivity contribution is -0.114. The van der Waals surface area contributed by atoms with Crippen LogP contribution in [-0.4, -0.2) is 24.4 Å². The minimum Gasteiger partial charge on any atom is -0.373 e. The van der Waals surface area contributed by atoms with Gasteiger partial charge >= 0.3 is 0 Å². The second kappa shape index (κ2) is 18.3. The van der Waals surface area contributed by atoms with E-state index < -0.39 is 0 Å². The number of ether oxygens (including phenoxy) is 2. The maximum absolute atomic E-state index is 6.18. The molecular formula is C24H50O2. The van der Waals surface area contributed by atoms with Crippen molar-refractivity contribution in [3.05, 3.63) is 0 Å². The van der Waals surface area contributed by atoms with Crippen LogP contribution in [-0.2, 0) is 9.47 Å². The first-order valence-electron chi connectivity index (χ1n) is 11.8. The Hall–Kier alpha value is -0.0800. The Morgan fingerprint density at radius 1 is 0.500 bits per heavy atom. The van der Waals surface area contributed by atoms with Crippen molar-refractivity contribution in [3.63, 3.8) is 0 Å². The predicted octanol–water partition coefficient (Wildman–Crippen LogP) is 8.07. The second-order valence-electron chi connectivity index (χ2n) is 8.53.